The van der Waals surface area contributed by atoms with Crippen LogP contribution in [-0.2, 0) is 10.2 Å². The highest BCUT2D eigenvalue weighted by atomic mass is 19.1. The zero-order valence-electron chi connectivity index (χ0n) is 10.8. The van der Waals surface area contributed by atoms with E-state index in [-0.39, 0.29) is 18.4 Å². The van der Waals surface area contributed by atoms with E-state index in [1.165, 1.54) is 0 Å². The number of amides is 1. The SMILES string of the molecule is NC(=O)c1cc(F)c(C2(C(=O)O)CCCCC2)c(F)c1. The molecule has 4 nitrogen and oxygen atoms in total. The molecule has 0 radical (unpaired) electrons. The number of nitrogens with two attached hydrogens (primary N) is 1. The van der Waals surface area contributed by atoms with Crippen LogP contribution in [0.5, 0.6) is 0 Å². The first-order chi connectivity index (χ1) is 9.38. The van der Waals surface area contributed by atoms with Crippen LogP contribution in [0.15, 0.2) is 12.1 Å². The van der Waals surface area contributed by atoms with Gasteiger partial charge in [-0.15, -0.1) is 0 Å². The molecule has 1 aliphatic carbocycles. The Morgan fingerprint density at radius 3 is 2.00 bits per heavy atom. The Hall–Kier alpha value is -1.98. The molecule has 1 aromatic carbocycles. The van der Waals surface area contributed by atoms with E-state index >= 15 is 0 Å². The van der Waals surface area contributed by atoms with Crippen molar-refractivity contribution in [1.82, 2.24) is 0 Å². The van der Waals surface area contributed by atoms with Crippen LogP contribution in [0.4, 0.5) is 8.78 Å². The van der Waals surface area contributed by atoms with Gasteiger partial charge in [-0.2, -0.15) is 0 Å². The second kappa shape index (κ2) is 5.19. The van der Waals surface area contributed by atoms with Gasteiger partial charge < -0.3 is 10.8 Å². The largest absolute Gasteiger partial charge is 0.481 e. The van der Waals surface area contributed by atoms with Crippen molar-refractivity contribution in [1.29, 1.82) is 0 Å². The first-order valence-corrected chi connectivity index (χ1v) is 6.41. The fourth-order valence-corrected chi connectivity index (χ4v) is 2.90. The van der Waals surface area contributed by atoms with Crippen LogP contribution in [0.2, 0.25) is 0 Å². The van der Waals surface area contributed by atoms with Crippen molar-refractivity contribution >= 4 is 11.9 Å². The maximum Gasteiger partial charge on any atom is 0.314 e. The van der Waals surface area contributed by atoms with Crippen LogP contribution in [0.25, 0.3) is 0 Å². The average molecular weight is 283 g/mol. The summed E-state index contributed by atoms with van der Waals surface area (Å²) >= 11 is 0. The molecule has 0 spiro atoms. The molecule has 0 aliphatic heterocycles. The van der Waals surface area contributed by atoms with Crippen molar-refractivity contribution in [2.75, 3.05) is 0 Å². The van der Waals surface area contributed by atoms with E-state index < -0.39 is 34.5 Å². The van der Waals surface area contributed by atoms with Gasteiger partial charge in [0.1, 0.15) is 11.6 Å². The monoisotopic (exact) mass is 283 g/mol. The molecule has 6 heteroatoms. The van der Waals surface area contributed by atoms with Gasteiger partial charge >= 0.3 is 5.97 Å². The van der Waals surface area contributed by atoms with Gasteiger partial charge in [-0.25, -0.2) is 8.78 Å². The highest BCUT2D eigenvalue weighted by Crippen LogP contribution is 2.42. The van der Waals surface area contributed by atoms with Crippen LogP contribution in [0.1, 0.15) is 48.0 Å². The predicted molar refractivity (Wildman–Crippen MR) is 67.3 cm³/mol. The van der Waals surface area contributed by atoms with Crippen molar-refractivity contribution in [3.8, 4) is 0 Å². The molecule has 2 rings (SSSR count). The molecule has 0 aromatic heterocycles. The molecule has 0 heterocycles. The lowest BCUT2D eigenvalue weighted by molar-refractivity contribution is -0.145. The van der Waals surface area contributed by atoms with Gasteiger partial charge in [-0.1, -0.05) is 19.3 Å². The first kappa shape index (κ1) is 14.4. The number of hydrogen-bond acceptors (Lipinski definition) is 2. The molecule has 1 amide bonds. The molecule has 1 fully saturated rings. The van der Waals surface area contributed by atoms with Crippen LogP contribution in [0, 0.1) is 11.6 Å². The molecule has 20 heavy (non-hydrogen) atoms. The van der Waals surface area contributed by atoms with E-state index in [2.05, 4.69) is 0 Å². The molecule has 1 aliphatic rings. The fourth-order valence-electron chi connectivity index (χ4n) is 2.90. The molecule has 1 saturated carbocycles. The molecule has 3 N–H and O–H groups in total. The van der Waals surface area contributed by atoms with Gasteiger partial charge in [0.2, 0.25) is 5.91 Å². The molecule has 108 valence electrons. The summed E-state index contributed by atoms with van der Waals surface area (Å²) < 4.78 is 28.3. The highest BCUT2D eigenvalue weighted by molar-refractivity contribution is 5.93. The number of primary amides is 1. The van der Waals surface area contributed by atoms with E-state index in [0.717, 1.165) is 18.6 Å². The number of aliphatic carboxylic acids is 1. The Labute approximate surface area is 114 Å². The normalized spacial score (nSPS) is 17.7. The number of hydrogen-bond donors (Lipinski definition) is 2. The third kappa shape index (κ3) is 2.26. The number of carboxylic acid groups (broad SMARTS) is 1. The Balaban J connectivity index is 2.60. The third-order valence-corrected chi connectivity index (χ3v) is 3.92. The van der Waals surface area contributed by atoms with Crippen LogP contribution in [-0.4, -0.2) is 17.0 Å². The van der Waals surface area contributed by atoms with Crippen molar-refractivity contribution in [2.45, 2.75) is 37.5 Å². The van der Waals surface area contributed by atoms with Gasteiger partial charge in [-0.3, -0.25) is 9.59 Å². The van der Waals surface area contributed by atoms with E-state index in [9.17, 15) is 23.5 Å². The number of rotatable bonds is 3. The average Bonchev–Trinajstić information content (AvgIpc) is 2.38. The maximum absolute atomic E-state index is 14.1. The van der Waals surface area contributed by atoms with Crippen molar-refractivity contribution in [3.63, 3.8) is 0 Å². The van der Waals surface area contributed by atoms with Gasteiger partial charge in [0.15, 0.2) is 0 Å². The second-order valence-electron chi connectivity index (χ2n) is 5.13. The number of carboxylic acids is 1. The summed E-state index contributed by atoms with van der Waals surface area (Å²) in [6.07, 6.45) is 2.42. The summed E-state index contributed by atoms with van der Waals surface area (Å²) in [7, 11) is 0. The minimum Gasteiger partial charge on any atom is -0.481 e. The number of carbonyl (C=O) groups is 2. The van der Waals surface area contributed by atoms with Crippen LogP contribution in [0.3, 0.4) is 0 Å². The lowest BCUT2D eigenvalue weighted by Crippen LogP contribution is -2.39. The summed E-state index contributed by atoms with van der Waals surface area (Å²) in [5.41, 5.74) is 2.66. The Morgan fingerprint density at radius 2 is 1.60 bits per heavy atom. The summed E-state index contributed by atoms with van der Waals surface area (Å²) in [5, 5.41) is 9.44. The molecular weight excluding hydrogens is 268 g/mol. The molecular formula is C14H15F2NO3. The van der Waals surface area contributed by atoms with Crippen LogP contribution < -0.4 is 5.73 Å². The number of carbonyl (C=O) groups excluding carboxylic acids is 1. The third-order valence-electron chi connectivity index (χ3n) is 3.92. The molecule has 0 unspecified atom stereocenters. The zero-order valence-corrected chi connectivity index (χ0v) is 10.8. The summed E-state index contributed by atoms with van der Waals surface area (Å²) in [6, 6.07) is 1.61. The predicted octanol–water partition coefficient (Wildman–Crippen LogP) is 2.35. The highest BCUT2D eigenvalue weighted by Gasteiger charge is 2.45. The molecule has 0 bridgehead atoms. The smallest absolute Gasteiger partial charge is 0.314 e. The summed E-state index contributed by atoms with van der Waals surface area (Å²) in [5.74, 6) is -4.24. The van der Waals surface area contributed by atoms with Crippen molar-refractivity contribution < 1.29 is 23.5 Å². The topological polar surface area (TPSA) is 80.4 Å². The quantitative estimate of drug-likeness (QED) is 0.893. The minimum absolute atomic E-state index is 0.187. The number of halogens is 2. The molecule has 0 atom stereocenters. The van der Waals surface area contributed by atoms with Gasteiger partial charge in [0, 0.05) is 11.1 Å². The zero-order chi connectivity index (χ0) is 14.9. The summed E-state index contributed by atoms with van der Waals surface area (Å²) in [6.45, 7) is 0. The maximum atomic E-state index is 14.1. The van der Waals surface area contributed by atoms with Crippen molar-refractivity contribution in [2.24, 2.45) is 5.73 Å². The minimum atomic E-state index is -1.55. The van der Waals surface area contributed by atoms with E-state index in [4.69, 9.17) is 5.73 Å². The van der Waals surface area contributed by atoms with Gasteiger partial charge in [0.25, 0.3) is 0 Å². The standard InChI is InChI=1S/C14H15F2NO3/c15-9-6-8(12(17)18)7-10(16)11(9)14(13(19)20)4-2-1-3-5-14/h6-7H,1-5H2,(H2,17,18)(H,19,20). The van der Waals surface area contributed by atoms with E-state index in [1.807, 2.05) is 0 Å². The Kier molecular flexibility index (Phi) is 3.74. The van der Waals surface area contributed by atoms with E-state index in [0.29, 0.717) is 12.8 Å². The Bertz CT molecular complexity index is 543. The fraction of sp³-hybridized carbons (Fsp3) is 0.429. The second-order valence-corrected chi connectivity index (χ2v) is 5.13. The van der Waals surface area contributed by atoms with Crippen LogP contribution >= 0.6 is 0 Å². The van der Waals surface area contributed by atoms with Gasteiger partial charge in [0.05, 0.1) is 5.41 Å². The van der Waals surface area contributed by atoms with Crippen molar-refractivity contribution in [3.05, 3.63) is 34.9 Å². The summed E-state index contributed by atoms with van der Waals surface area (Å²) in [4.78, 5) is 22.6. The lowest BCUT2D eigenvalue weighted by atomic mass is 9.69. The molecule has 1 aromatic rings. The first-order valence-electron chi connectivity index (χ1n) is 6.41. The van der Waals surface area contributed by atoms with Gasteiger partial charge in [-0.05, 0) is 25.0 Å². The Morgan fingerprint density at radius 1 is 1.10 bits per heavy atom. The molecule has 0 saturated heterocycles. The lowest BCUT2D eigenvalue weighted by Gasteiger charge is -2.34. The number of benzene rings is 1. The van der Waals surface area contributed by atoms with E-state index in [1.54, 1.807) is 0 Å².